The van der Waals surface area contributed by atoms with Crippen LogP contribution in [0.1, 0.15) is 5.82 Å². The minimum absolute atomic E-state index is 0.281. The Kier molecular flexibility index (Phi) is 3.94. The van der Waals surface area contributed by atoms with E-state index in [1.807, 2.05) is 36.9 Å². The quantitative estimate of drug-likeness (QED) is 0.419. The molecule has 0 spiro atoms. The van der Waals surface area contributed by atoms with E-state index >= 15 is 0 Å². The van der Waals surface area contributed by atoms with Gasteiger partial charge in [0.15, 0.2) is 5.65 Å². The van der Waals surface area contributed by atoms with Crippen molar-refractivity contribution >= 4 is 21.9 Å². The summed E-state index contributed by atoms with van der Waals surface area (Å²) in [4.78, 5) is 16.6. The number of aromatic amines is 2. The van der Waals surface area contributed by atoms with Crippen molar-refractivity contribution in [3.8, 4) is 33.8 Å². The topological polar surface area (TPSA) is 88.1 Å². The molecular formula is C24H18FN7. The van der Waals surface area contributed by atoms with Gasteiger partial charge in [0.1, 0.15) is 11.6 Å². The molecular weight excluding hydrogens is 405 g/mol. The maximum absolute atomic E-state index is 14.5. The van der Waals surface area contributed by atoms with Crippen LogP contribution in [0, 0.1) is 12.7 Å². The average Bonchev–Trinajstić information content (AvgIpc) is 3.50. The number of pyridine rings is 2. The van der Waals surface area contributed by atoms with Crippen LogP contribution in [-0.2, 0) is 7.05 Å². The molecule has 156 valence electrons. The third-order valence-corrected chi connectivity index (χ3v) is 5.90. The van der Waals surface area contributed by atoms with Crippen molar-refractivity contribution in [1.82, 2.24) is 34.7 Å². The van der Waals surface area contributed by atoms with Gasteiger partial charge in [-0.3, -0.25) is 10.1 Å². The Balaban J connectivity index is 1.53. The van der Waals surface area contributed by atoms with Gasteiger partial charge >= 0.3 is 0 Å². The standard InChI is InChI=1S/C24H18FN7/c1-13-27-12-22(32(13)2)14-7-17-23(30-31-24(17)28-9-14)20-8-16-18(10-26-11-21(16)29-20)15-5-3-4-6-19(15)25/h3-12,29H,1-2H3,(H,28,30,31). The molecule has 0 fully saturated rings. The lowest BCUT2D eigenvalue weighted by molar-refractivity contribution is 0.631. The third kappa shape index (κ3) is 2.73. The normalized spacial score (nSPS) is 11.6. The Morgan fingerprint density at radius 1 is 0.938 bits per heavy atom. The Labute approximate surface area is 182 Å². The van der Waals surface area contributed by atoms with Gasteiger partial charge in [0.2, 0.25) is 0 Å². The molecule has 0 unspecified atom stereocenters. The molecule has 32 heavy (non-hydrogen) atoms. The molecule has 5 heterocycles. The molecule has 0 aliphatic rings. The van der Waals surface area contributed by atoms with Gasteiger partial charge in [-0.25, -0.2) is 14.4 Å². The van der Waals surface area contributed by atoms with Crippen molar-refractivity contribution < 1.29 is 4.39 Å². The molecule has 0 saturated heterocycles. The van der Waals surface area contributed by atoms with E-state index in [4.69, 9.17) is 0 Å². The highest BCUT2D eigenvalue weighted by molar-refractivity contribution is 6.00. The van der Waals surface area contributed by atoms with Crippen LogP contribution in [0.4, 0.5) is 4.39 Å². The number of halogens is 1. The van der Waals surface area contributed by atoms with Gasteiger partial charge < -0.3 is 9.55 Å². The molecule has 0 aliphatic heterocycles. The molecule has 8 heteroatoms. The number of imidazole rings is 1. The third-order valence-electron chi connectivity index (χ3n) is 5.90. The fourth-order valence-corrected chi connectivity index (χ4v) is 4.10. The van der Waals surface area contributed by atoms with Crippen molar-refractivity contribution in [2.75, 3.05) is 0 Å². The van der Waals surface area contributed by atoms with Crippen LogP contribution in [0.2, 0.25) is 0 Å². The number of rotatable bonds is 3. The van der Waals surface area contributed by atoms with Crippen LogP contribution >= 0.6 is 0 Å². The largest absolute Gasteiger partial charge is 0.352 e. The van der Waals surface area contributed by atoms with Crippen molar-refractivity contribution in [1.29, 1.82) is 0 Å². The molecule has 0 saturated carbocycles. The first-order valence-corrected chi connectivity index (χ1v) is 10.1. The Bertz CT molecular complexity index is 1620. The van der Waals surface area contributed by atoms with E-state index in [0.717, 1.165) is 50.3 Å². The monoisotopic (exact) mass is 423 g/mol. The van der Waals surface area contributed by atoms with Gasteiger partial charge in [-0.2, -0.15) is 5.10 Å². The van der Waals surface area contributed by atoms with E-state index in [-0.39, 0.29) is 5.82 Å². The minimum atomic E-state index is -0.281. The molecule has 5 aromatic heterocycles. The number of aromatic nitrogens is 7. The van der Waals surface area contributed by atoms with E-state index in [1.165, 1.54) is 6.07 Å². The zero-order valence-corrected chi connectivity index (χ0v) is 17.4. The van der Waals surface area contributed by atoms with Crippen LogP contribution in [0.25, 0.3) is 55.7 Å². The molecule has 6 aromatic rings. The summed E-state index contributed by atoms with van der Waals surface area (Å²) in [6.45, 7) is 1.96. The van der Waals surface area contributed by atoms with Crippen LogP contribution in [-0.4, -0.2) is 34.7 Å². The van der Waals surface area contributed by atoms with E-state index in [1.54, 1.807) is 30.7 Å². The second-order valence-corrected chi connectivity index (χ2v) is 7.75. The van der Waals surface area contributed by atoms with E-state index in [2.05, 4.69) is 36.2 Å². The lowest BCUT2D eigenvalue weighted by Gasteiger charge is -2.04. The Hall–Kier alpha value is -4.33. The van der Waals surface area contributed by atoms with Gasteiger partial charge in [0.25, 0.3) is 0 Å². The van der Waals surface area contributed by atoms with Crippen molar-refractivity contribution in [2.45, 2.75) is 6.92 Å². The van der Waals surface area contributed by atoms with Crippen LogP contribution in [0.15, 0.2) is 61.2 Å². The predicted octanol–water partition coefficient (Wildman–Crippen LogP) is 5.02. The summed E-state index contributed by atoms with van der Waals surface area (Å²) in [7, 11) is 1.98. The summed E-state index contributed by atoms with van der Waals surface area (Å²) in [6.07, 6.45) is 7.07. The summed E-state index contributed by atoms with van der Waals surface area (Å²) in [5.74, 6) is 0.646. The summed E-state index contributed by atoms with van der Waals surface area (Å²) < 4.78 is 16.5. The minimum Gasteiger partial charge on any atom is -0.352 e. The van der Waals surface area contributed by atoms with Gasteiger partial charge in [-0.15, -0.1) is 0 Å². The van der Waals surface area contributed by atoms with E-state index in [0.29, 0.717) is 11.2 Å². The zero-order chi connectivity index (χ0) is 21.8. The lowest BCUT2D eigenvalue weighted by Crippen LogP contribution is -1.94. The Morgan fingerprint density at radius 3 is 2.62 bits per heavy atom. The van der Waals surface area contributed by atoms with Crippen LogP contribution < -0.4 is 0 Å². The molecule has 0 aliphatic carbocycles. The molecule has 6 rings (SSSR count). The first-order chi connectivity index (χ1) is 15.6. The highest BCUT2D eigenvalue weighted by atomic mass is 19.1. The number of fused-ring (bicyclic) bond motifs is 2. The first kappa shape index (κ1) is 18.4. The summed E-state index contributed by atoms with van der Waals surface area (Å²) in [5.41, 5.74) is 6.25. The summed E-state index contributed by atoms with van der Waals surface area (Å²) in [6, 6.07) is 10.8. The smallest absolute Gasteiger partial charge is 0.181 e. The predicted molar refractivity (Wildman–Crippen MR) is 121 cm³/mol. The average molecular weight is 423 g/mol. The van der Waals surface area contributed by atoms with Gasteiger partial charge in [-0.05, 0) is 25.1 Å². The molecule has 0 atom stereocenters. The van der Waals surface area contributed by atoms with Gasteiger partial charge in [0, 0.05) is 46.9 Å². The molecule has 2 N–H and O–H groups in total. The number of nitrogens with one attached hydrogen (secondary N) is 2. The molecule has 0 radical (unpaired) electrons. The molecule has 0 amide bonds. The number of aryl methyl sites for hydroxylation is 1. The molecule has 1 aromatic carbocycles. The molecule has 7 nitrogen and oxygen atoms in total. The number of H-pyrrole nitrogens is 2. The van der Waals surface area contributed by atoms with Crippen molar-refractivity contribution in [2.24, 2.45) is 7.05 Å². The highest BCUT2D eigenvalue weighted by Crippen LogP contribution is 2.35. The molecule has 0 bridgehead atoms. The zero-order valence-electron chi connectivity index (χ0n) is 17.4. The van der Waals surface area contributed by atoms with Crippen LogP contribution in [0.3, 0.4) is 0 Å². The van der Waals surface area contributed by atoms with Crippen molar-refractivity contribution in [3.05, 3.63) is 72.8 Å². The SMILES string of the molecule is Cc1ncc(-c2cnc3n[nH]c(-c4cc5c(-c6ccccc6F)cncc5[nH]4)c3c2)n1C. The summed E-state index contributed by atoms with van der Waals surface area (Å²) in [5, 5.41) is 9.23. The Morgan fingerprint density at radius 2 is 1.81 bits per heavy atom. The fraction of sp³-hybridized carbons (Fsp3) is 0.0833. The number of benzene rings is 1. The number of nitrogens with zero attached hydrogens (tertiary/aromatic N) is 5. The number of hydrogen-bond acceptors (Lipinski definition) is 4. The first-order valence-electron chi connectivity index (χ1n) is 10.1. The maximum atomic E-state index is 14.5. The summed E-state index contributed by atoms with van der Waals surface area (Å²) >= 11 is 0. The fourth-order valence-electron chi connectivity index (χ4n) is 4.10. The van der Waals surface area contributed by atoms with Gasteiger partial charge in [0.05, 0.1) is 35.0 Å². The second-order valence-electron chi connectivity index (χ2n) is 7.75. The van der Waals surface area contributed by atoms with E-state index in [9.17, 15) is 4.39 Å². The highest BCUT2D eigenvalue weighted by Gasteiger charge is 2.16. The number of hydrogen-bond donors (Lipinski definition) is 2. The van der Waals surface area contributed by atoms with Gasteiger partial charge in [-0.1, -0.05) is 18.2 Å². The second kappa shape index (κ2) is 6.84. The lowest BCUT2D eigenvalue weighted by atomic mass is 10.0. The van der Waals surface area contributed by atoms with E-state index < -0.39 is 0 Å². The van der Waals surface area contributed by atoms with Crippen LogP contribution in [0.5, 0.6) is 0 Å². The maximum Gasteiger partial charge on any atom is 0.181 e. The van der Waals surface area contributed by atoms with Crippen molar-refractivity contribution in [3.63, 3.8) is 0 Å².